The number of carbonyl (C=O) groups excluding carboxylic acids is 1. The van der Waals surface area contributed by atoms with Gasteiger partial charge in [0.15, 0.2) is 0 Å². The number of hydrogen-bond donors (Lipinski definition) is 1. The Morgan fingerprint density at radius 2 is 2.50 bits per heavy atom. The van der Waals surface area contributed by atoms with Crippen molar-refractivity contribution in [1.29, 1.82) is 0 Å². The quantitative estimate of drug-likeness (QED) is 0.750. The molecule has 1 amide bonds. The van der Waals surface area contributed by atoms with Crippen LogP contribution in [0, 0.1) is 5.92 Å². The zero-order valence-electron chi connectivity index (χ0n) is 9.06. The first-order valence-corrected chi connectivity index (χ1v) is 5.77. The fourth-order valence-electron chi connectivity index (χ4n) is 2.79. The Labute approximate surface area is 93.8 Å². The Morgan fingerprint density at radius 1 is 1.56 bits per heavy atom. The number of rotatable bonds is 1. The minimum Gasteiger partial charge on any atom is -0.441 e. The second-order valence-electron chi connectivity index (χ2n) is 4.44. The molecular formula is C11H15N3O2. The number of nitrogens with one attached hydrogen (secondary N) is 1. The molecule has 2 saturated heterocycles. The molecule has 1 aromatic heterocycles. The summed E-state index contributed by atoms with van der Waals surface area (Å²) < 4.78 is 5.07. The van der Waals surface area contributed by atoms with Crippen LogP contribution in [0.4, 0.5) is 0 Å². The average molecular weight is 221 g/mol. The van der Waals surface area contributed by atoms with E-state index in [4.69, 9.17) is 4.42 Å². The molecule has 0 bridgehead atoms. The molecule has 2 fully saturated rings. The molecule has 3 rings (SSSR count). The monoisotopic (exact) mass is 221 g/mol. The van der Waals surface area contributed by atoms with Crippen molar-refractivity contribution in [3.05, 3.63) is 18.4 Å². The van der Waals surface area contributed by atoms with Gasteiger partial charge in [-0.2, -0.15) is 0 Å². The Balaban J connectivity index is 1.78. The maximum Gasteiger partial charge on any atom is 0.309 e. The third-order valence-electron chi connectivity index (χ3n) is 3.58. The molecule has 0 radical (unpaired) electrons. The maximum absolute atomic E-state index is 12.1. The van der Waals surface area contributed by atoms with Crippen LogP contribution in [0.15, 0.2) is 16.9 Å². The number of likely N-dealkylation sites (tertiary alicyclic amines) is 1. The van der Waals surface area contributed by atoms with Gasteiger partial charge in [-0.05, 0) is 31.8 Å². The van der Waals surface area contributed by atoms with Crippen molar-refractivity contribution < 1.29 is 9.21 Å². The van der Waals surface area contributed by atoms with E-state index in [1.54, 1.807) is 0 Å². The summed E-state index contributed by atoms with van der Waals surface area (Å²) in [6.45, 7) is 2.86. The Morgan fingerprint density at radius 3 is 3.31 bits per heavy atom. The number of hydrogen-bond acceptors (Lipinski definition) is 4. The second-order valence-corrected chi connectivity index (χ2v) is 4.44. The molecule has 3 heterocycles. The van der Waals surface area contributed by atoms with Gasteiger partial charge in [0.25, 0.3) is 5.89 Å². The molecule has 0 spiro atoms. The van der Waals surface area contributed by atoms with Gasteiger partial charge < -0.3 is 14.6 Å². The van der Waals surface area contributed by atoms with E-state index in [-0.39, 0.29) is 11.8 Å². The van der Waals surface area contributed by atoms with Gasteiger partial charge in [-0.3, -0.25) is 4.79 Å². The Kier molecular flexibility index (Phi) is 2.40. The third-order valence-corrected chi connectivity index (χ3v) is 3.58. The molecule has 1 N–H and O–H groups in total. The van der Waals surface area contributed by atoms with Gasteiger partial charge >= 0.3 is 5.91 Å². The highest BCUT2D eigenvalue weighted by Gasteiger charge is 2.39. The SMILES string of the molecule is O=C(c1ncco1)N1CCC2CNCCC21. The van der Waals surface area contributed by atoms with Crippen LogP contribution >= 0.6 is 0 Å². The zero-order valence-corrected chi connectivity index (χ0v) is 9.06. The summed E-state index contributed by atoms with van der Waals surface area (Å²) in [5.41, 5.74) is 0. The summed E-state index contributed by atoms with van der Waals surface area (Å²) in [7, 11) is 0. The van der Waals surface area contributed by atoms with E-state index >= 15 is 0 Å². The first-order chi connectivity index (χ1) is 7.86. The average Bonchev–Trinajstić information content (AvgIpc) is 2.98. The van der Waals surface area contributed by atoms with Gasteiger partial charge in [0.2, 0.25) is 0 Å². The molecule has 5 heteroatoms. The standard InChI is InChI=1S/C11H15N3O2/c15-11(10-13-4-6-16-10)14-5-2-8-7-12-3-1-9(8)14/h4,6,8-9,12H,1-3,5,7H2. The van der Waals surface area contributed by atoms with E-state index in [2.05, 4.69) is 10.3 Å². The van der Waals surface area contributed by atoms with Gasteiger partial charge in [0.1, 0.15) is 6.26 Å². The van der Waals surface area contributed by atoms with E-state index < -0.39 is 0 Å². The summed E-state index contributed by atoms with van der Waals surface area (Å²) in [6.07, 6.45) is 5.09. The van der Waals surface area contributed by atoms with Gasteiger partial charge in [-0.1, -0.05) is 0 Å². The van der Waals surface area contributed by atoms with E-state index in [9.17, 15) is 4.79 Å². The lowest BCUT2D eigenvalue weighted by molar-refractivity contribution is 0.0657. The smallest absolute Gasteiger partial charge is 0.309 e. The first kappa shape index (κ1) is 9.84. The predicted molar refractivity (Wildman–Crippen MR) is 56.9 cm³/mol. The molecule has 0 saturated carbocycles. The highest BCUT2D eigenvalue weighted by atomic mass is 16.4. The number of amides is 1. The fourth-order valence-corrected chi connectivity index (χ4v) is 2.79. The minimum absolute atomic E-state index is 0.0561. The van der Waals surface area contributed by atoms with Crippen LogP contribution in [0.2, 0.25) is 0 Å². The highest BCUT2D eigenvalue weighted by Crippen LogP contribution is 2.29. The van der Waals surface area contributed by atoms with E-state index in [1.165, 1.54) is 12.5 Å². The molecule has 0 aliphatic carbocycles. The number of carbonyl (C=O) groups is 1. The molecule has 2 unspecified atom stereocenters. The van der Waals surface area contributed by atoms with Crippen molar-refractivity contribution in [3.63, 3.8) is 0 Å². The molecular weight excluding hydrogens is 206 g/mol. The topological polar surface area (TPSA) is 58.4 Å². The molecule has 0 aromatic carbocycles. The molecule has 5 nitrogen and oxygen atoms in total. The maximum atomic E-state index is 12.1. The number of aromatic nitrogens is 1. The normalized spacial score (nSPS) is 29.1. The van der Waals surface area contributed by atoms with Crippen LogP contribution in [0.5, 0.6) is 0 Å². The zero-order chi connectivity index (χ0) is 11.0. The van der Waals surface area contributed by atoms with Gasteiger partial charge in [-0.25, -0.2) is 4.98 Å². The number of fused-ring (bicyclic) bond motifs is 1. The van der Waals surface area contributed by atoms with E-state index in [0.717, 1.165) is 32.5 Å². The molecule has 1 aromatic rings. The van der Waals surface area contributed by atoms with Crippen LogP contribution in [0.25, 0.3) is 0 Å². The molecule has 2 aliphatic rings. The largest absolute Gasteiger partial charge is 0.441 e. The van der Waals surface area contributed by atoms with Crippen LogP contribution in [-0.2, 0) is 0 Å². The van der Waals surface area contributed by atoms with Crippen LogP contribution in [-0.4, -0.2) is 41.5 Å². The van der Waals surface area contributed by atoms with Crippen molar-refractivity contribution in [2.24, 2.45) is 5.92 Å². The summed E-state index contributed by atoms with van der Waals surface area (Å²) in [4.78, 5) is 18.0. The molecule has 2 atom stereocenters. The van der Waals surface area contributed by atoms with Crippen molar-refractivity contribution in [3.8, 4) is 0 Å². The first-order valence-electron chi connectivity index (χ1n) is 5.77. The summed E-state index contributed by atoms with van der Waals surface area (Å²) in [5, 5.41) is 3.37. The van der Waals surface area contributed by atoms with Crippen molar-refractivity contribution >= 4 is 5.91 Å². The van der Waals surface area contributed by atoms with Gasteiger partial charge in [-0.15, -0.1) is 0 Å². The Bertz CT molecular complexity index is 377. The highest BCUT2D eigenvalue weighted by molar-refractivity contribution is 5.90. The van der Waals surface area contributed by atoms with Gasteiger partial charge in [0.05, 0.1) is 6.20 Å². The number of piperidine rings is 1. The summed E-state index contributed by atoms with van der Waals surface area (Å²) in [6, 6.07) is 0.376. The lowest BCUT2D eigenvalue weighted by Gasteiger charge is -2.31. The van der Waals surface area contributed by atoms with Crippen LogP contribution in [0.3, 0.4) is 0 Å². The van der Waals surface area contributed by atoms with Crippen LogP contribution < -0.4 is 5.32 Å². The number of nitrogens with zero attached hydrogens (tertiary/aromatic N) is 2. The third kappa shape index (κ3) is 1.51. The molecule has 2 aliphatic heterocycles. The molecule has 86 valence electrons. The lowest BCUT2D eigenvalue weighted by Crippen LogP contribution is -2.45. The fraction of sp³-hybridized carbons (Fsp3) is 0.636. The second kappa shape index (κ2) is 3.90. The van der Waals surface area contributed by atoms with E-state index in [1.807, 2.05) is 4.90 Å². The lowest BCUT2D eigenvalue weighted by atomic mass is 9.94. The minimum atomic E-state index is -0.0561. The van der Waals surface area contributed by atoms with E-state index in [0.29, 0.717) is 12.0 Å². The predicted octanol–water partition coefficient (Wildman–Crippen LogP) is 0.499. The van der Waals surface area contributed by atoms with Gasteiger partial charge in [0, 0.05) is 12.6 Å². The number of oxazole rings is 1. The Hall–Kier alpha value is -1.36. The molecule has 16 heavy (non-hydrogen) atoms. The van der Waals surface area contributed by atoms with Crippen molar-refractivity contribution in [1.82, 2.24) is 15.2 Å². The summed E-state index contributed by atoms with van der Waals surface area (Å²) in [5.74, 6) is 0.770. The van der Waals surface area contributed by atoms with Crippen LogP contribution in [0.1, 0.15) is 23.5 Å². The van der Waals surface area contributed by atoms with Crippen molar-refractivity contribution in [2.45, 2.75) is 18.9 Å². The van der Waals surface area contributed by atoms with Crippen molar-refractivity contribution in [2.75, 3.05) is 19.6 Å². The summed E-state index contributed by atoms with van der Waals surface area (Å²) >= 11 is 0.